The molecule has 0 radical (unpaired) electrons. The predicted molar refractivity (Wildman–Crippen MR) is 72.4 cm³/mol. The van der Waals surface area contributed by atoms with E-state index < -0.39 is 5.60 Å². The highest BCUT2D eigenvalue weighted by Gasteiger charge is 2.45. The lowest BCUT2D eigenvalue weighted by molar-refractivity contribution is -0.0531. The van der Waals surface area contributed by atoms with Crippen molar-refractivity contribution in [2.75, 3.05) is 13.7 Å². The standard InChI is InChI=1S/C16H18O2/c1-18-11-16(17,14-8-9-14)15-7-6-12-4-2-3-5-13(12)10-15/h2-7,10,14,17H,8-9,11H2,1H3. The van der Waals surface area contributed by atoms with Crippen LogP contribution in [-0.4, -0.2) is 18.8 Å². The largest absolute Gasteiger partial charge is 0.382 e. The van der Waals surface area contributed by atoms with Crippen molar-refractivity contribution in [3.8, 4) is 0 Å². The summed E-state index contributed by atoms with van der Waals surface area (Å²) in [5.41, 5.74) is 0.157. The highest BCUT2D eigenvalue weighted by Crippen LogP contribution is 2.46. The monoisotopic (exact) mass is 242 g/mol. The van der Waals surface area contributed by atoms with Gasteiger partial charge in [-0.3, -0.25) is 0 Å². The van der Waals surface area contributed by atoms with Crippen LogP contribution in [0.3, 0.4) is 0 Å². The molecule has 0 aliphatic heterocycles. The van der Waals surface area contributed by atoms with Crippen molar-refractivity contribution in [1.29, 1.82) is 0 Å². The summed E-state index contributed by atoms with van der Waals surface area (Å²) < 4.78 is 5.22. The zero-order chi connectivity index (χ0) is 12.6. The minimum Gasteiger partial charge on any atom is -0.382 e. The Labute approximate surface area is 107 Å². The smallest absolute Gasteiger partial charge is 0.116 e. The van der Waals surface area contributed by atoms with E-state index in [1.807, 2.05) is 18.2 Å². The first-order valence-electron chi connectivity index (χ1n) is 6.44. The molecule has 94 valence electrons. The van der Waals surface area contributed by atoms with Gasteiger partial charge in [0.15, 0.2) is 0 Å². The third-order valence-electron chi connectivity index (χ3n) is 3.87. The predicted octanol–water partition coefficient (Wildman–Crippen LogP) is 3.08. The first-order valence-corrected chi connectivity index (χ1v) is 6.44. The van der Waals surface area contributed by atoms with Crippen molar-refractivity contribution in [3.63, 3.8) is 0 Å². The molecule has 1 aliphatic carbocycles. The minimum absolute atomic E-state index is 0.346. The van der Waals surface area contributed by atoms with Crippen molar-refractivity contribution in [3.05, 3.63) is 48.0 Å². The summed E-state index contributed by atoms with van der Waals surface area (Å²) in [5, 5.41) is 13.2. The maximum Gasteiger partial charge on any atom is 0.116 e. The molecule has 2 heteroatoms. The second-order valence-corrected chi connectivity index (χ2v) is 5.19. The van der Waals surface area contributed by atoms with Gasteiger partial charge in [0.2, 0.25) is 0 Å². The summed E-state index contributed by atoms with van der Waals surface area (Å²) >= 11 is 0. The highest BCUT2D eigenvalue weighted by atomic mass is 16.5. The van der Waals surface area contributed by atoms with E-state index in [-0.39, 0.29) is 0 Å². The third-order valence-corrected chi connectivity index (χ3v) is 3.87. The molecule has 1 N–H and O–H groups in total. The number of hydrogen-bond acceptors (Lipinski definition) is 2. The lowest BCUT2D eigenvalue weighted by Gasteiger charge is -2.28. The number of rotatable bonds is 4. The average molecular weight is 242 g/mol. The minimum atomic E-state index is -0.821. The van der Waals surface area contributed by atoms with Gasteiger partial charge in [-0.15, -0.1) is 0 Å². The van der Waals surface area contributed by atoms with Crippen LogP contribution < -0.4 is 0 Å². The first-order chi connectivity index (χ1) is 8.74. The van der Waals surface area contributed by atoms with E-state index in [1.165, 1.54) is 10.8 Å². The van der Waals surface area contributed by atoms with E-state index in [1.54, 1.807) is 7.11 Å². The fourth-order valence-electron chi connectivity index (χ4n) is 2.68. The van der Waals surface area contributed by atoms with Crippen LogP contribution in [-0.2, 0) is 10.3 Å². The SMILES string of the molecule is COCC(O)(c1ccc2ccccc2c1)C1CC1. The summed E-state index contributed by atoms with van der Waals surface area (Å²) in [7, 11) is 1.65. The number of methoxy groups -OCH3 is 1. The Bertz CT molecular complexity index is 560. The fraction of sp³-hybridized carbons (Fsp3) is 0.375. The van der Waals surface area contributed by atoms with E-state index in [0.29, 0.717) is 12.5 Å². The molecule has 2 aromatic rings. The average Bonchev–Trinajstić information content (AvgIpc) is 3.23. The van der Waals surface area contributed by atoms with Gasteiger partial charge in [-0.05, 0) is 41.2 Å². The van der Waals surface area contributed by atoms with Crippen LogP contribution in [0.5, 0.6) is 0 Å². The summed E-state index contributed by atoms with van der Waals surface area (Å²) in [6.45, 7) is 0.371. The van der Waals surface area contributed by atoms with E-state index in [0.717, 1.165) is 18.4 Å². The maximum absolute atomic E-state index is 10.9. The Hall–Kier alpha value is -1.38. The van der Waals surface area contributed by atoms with Crippen LogP contribution in [0.25, 0.3) is 10.8 Å². The van der Waals surface area contributed by atoms with E-state index in [2.05, 4.69) is 24.3 Å². The molecule has 2 nitrogen and oxygen atoms in total. The van der Waals surface area contributed by atoms with Gasteiger partial charge < -0.3 is 9.84 Å². The Morgan fingerprint density at radius 1 is 1.17 bits per heavy atom. The van der Waals surface area contributed by atoms with Gasteiger partial charge in [0, 0.05) is 7.11 Å². The Kier molecular flexibility index (Phi) is 2.84. The van der Waals surface area contributed by atoms with Crippen LogP contribution in [0.4, 0.5) is 0 Å². The summed E-state index contributed by atoms with van der Waals surface area (Å²) in [6, 6.07) is 14.4. The molecule has 0 heterocycles. The number of benzene rings is 2. The fourth-order valence-corrected chi connectivity index (χ4v) is 2.68. The van der Waals surface area contributed by atoms with E-state index in [4.69, 9.17) is 4.74 Å². The van der Waals surface area contributed by atoms with Crippen LogP contribution in [0, 0.1) is 5.92 Å². The van der Waals surface area contributed by atoms with Gasteiger partial charge >= 0.3 is 0 Å². The molecule has 1 aliphatic rings. The molecule has 2 aromatic carbocycles. The molecule has 0 bridgehead atoms. The number of aliphatic hydroxyl groups is 1. The van der Waals surface area contributed by atoms with E-state index in [9.17, 15) is 5.11 Å². The first kappa shape index (κ1) is 11.7. The molecule has 0 aromatic heterocycles. The molecule has 0 spiro atoms. The summed E-state index contributed by atoms with van der Waals surface area (Å²) in [6.07, 6.45) is 2.18. The van der Waals surface area contributed by atoms with Gasteiger partial charge in [0.25, 0.3) is 0 Å². The summed E-state index contributed by atoms with van der Waals surface area (Å²) in [4.78, 5) is 0. The van der Waals surface area contributed by atoms with Crippen molar-refractivity contribution in [2.24, 2.45) is 5.92 Å². The molecule has 0 amide bonds. The molecule has 18 heavy (non-hydrogen) atoms. The van der Waals surface area contributed by atoms with Gasteiger partial charge in [0.1, 0.15) is 5.60 Å². The number of hydrogen-bond donors (Lipinski definition) is 1. The van der Waals surface area contributed by atoms with Crippen LogP contribution in [0.1, 0.15) is 18.4 Å². The second-order valence-electron chi connectivity index (χ2n) is 5.19. The van der Waals surface area contributed by atoms with Crippen LogP contribution in [0.2, 0.25) is 0 Å². The zero-order valence-corrected chi connectivity index (χ0v) is 10.6. The molecule has 1 atom stereocenters. The summed E-state index contributed by atoms with van der Waals surface area (Å²) in [5.74, 6) is 0.346. The highest BCUT2D eigenvalue weighted by molar-refractivity contribution is 5.83. The molecule has 3 rings (SSSR count). The molecular formula is C16H18O2. The maximum atomic E-state index is 10.9. The third kappa shape index (κ3) is 1.92. The van der Waals surface area contributed by atoms with Crippen molar-refractivity contribution in [2.45, 2.75) is 18.4 Å². The van der Waals surface area contributed by atoms with Gasteiger partial charge in [0.05, 0.1) is 6.61 Å². The van der Waals surface area contributed by atoms with Gasteiger partial charge in [-0.2, -0.15) is 0 Å². The Balaban J connectivity index is 2.06. The Morgan fingerprint density at radius 3 is 2.56 bits per heavy atom. The molecular weight excluding hydrogens is 224 g/mol. The van der Waals surface area contributed by atoms with Crippen LogP contribution in [0.15, 0.2) is 42.5 Å². The lowest BCUT2D eigenvalue weighted by atomic mass is 9.88. The van der Waals surface area contributed by atoms with Crippen molar-refractivity contribution < 1.29 is 9.84 Å². The molecule has 1 fully saturated rings. The molecule has 1 unspecified atom stereocenters. The quantitative estimate of drug-likeness (QED) is 0.892. The molecule has 1 saturated carbocycles. The zero-order valence-electron chi connectivity index (χ0n) is 10.6. The second kappa shape index (κ2) is 4.38. The van der Waals surface area contributed by atoms with Gasteiger partial charge in [-0.25, -0.2) is 0 Å². The topological polar surface area (TPSA) is 29.5 Å². The van der Waals surface area contributed by atoms with Crippen LogP contribution >= 0.6 is 0 Å². The number of ether oxygens (including phenoxy) is 1. The Morgan fingerprint density at radius 2 is 1.89 bits per heavy atom. The van der Waals surface area contributed by atoms with Crippen molar-refractivity contribution >= 4 is 10.8 Å². The number of fused-ring (bicyclic) bond motifs is 1. The normalized spacial score (nSPS) is 18.8. The van der Waals surface area contributed by atoms with Gasteiger partial charge in [-0.1, -0.05) is 36.4 Å². The van der Waals surface area contributed by atoms with E-state index >= 15 is 0 Å². The van der Waals surface area contributed by atoms with Crippen molar-refractivity contribution in [1.82, 2.24) is 0 Å². The molecule has 0 saturated heterocycles. The lowest BCUT2D eigenvalue weighted by Crippen LogP contribution is -2.33.